The Balaban J connectivity index is 1.99. The maximum atomic E-state index is 14.2. The largest absolute Gasteiger partial charge is 0.608 e. The van der Waals surface area contributed by atoms with Gasteiger partial charge in [-0.05, 0) is 5.56 Å². The molecule has 5 nitrogen and oxygen atoms in total. The Bertz CT molecular complexity index is 725. The second-order valence-electron chi connectivity index (χ2n) is 5.72. The molecule has 0 N–H and O–H groups in total. The van der Waals surface area contributed by atoms with Crippen LogP contribution in [0.15, 0.2) is 35.5 Å². The van der Waals surface area contributed by atoms with Crippen molar-refractivity contribution in [2.45, 2.75) is 42.4 Å². The summed E-state index contributed by atoms with van der Waals surface area (Å²) in [6.45, 7) is 3.10. The molecule has 22 heavy (non-hydrogen) atoms. The lowest BCUT2D eigenvalue weighted by molar-refractivity contribution is 0.326. The fourth-order valence-electron chi connectivity index (χ4n) is 2.46. The molecule has 114 valence electrons. The molecule has 0 fully saturated rings. The summed E-state index contributed by atoms with van der Waals surface area (Å²) in [7, 11) is 0. The molecule has 3 atom stereocenters. The van der Waals surface area contributed by atoms with E-state index in [2.05, 4.69) is 10.1 Å². The highest BCUT2D eigenvalue weighted by Gasteiger charge is 2.42. The van der Waals surface area contributed by atoms with Crippen molar-refractivity contribution in [1.29, 1.82) is 5.26 Å². The van der Waals surface area contributed by atoms with Crippen molar-refractivity contribution in [3.05, 3.63) is 41.7 Å². The third kappa shape index (κ3) is 2.38. The molecule has 1 aromatic carbocycles. The van der Waals surface area contributed by atoms with E-state index in [1.165, 1.54) is 4.68 Å². The molecule has 0 radical (unpaired) electrons. The third-order valence-corrected chi connectivity index (χ3v) is 5.25. The van der Waals surface area contributed by atoms with E-state index in [-0.39, 0.29) is 23.4 Å². The van der Waals surface area contributed by atoms with Crippen LogP contribution >= 0.6 is 0 Å². The molecule has 1 aliphatic rings. The van der Waals surface area contributed by atoms with Gasteiger partial charge in [0.15, 0.2) is 12.0 Å². The number of halogens is 1. The molecule has 0 amide bonds. The predicted molar refractivity (Wildman–Crippen MR) is 79.2 cm³/mol. The van der Waals surface area contributed by atoms with Crippen molar-refractivity contribution in [1.82, 2.24) is 14.8 Å². The summed E-state index contributed by atoms with van der Waals surface area (Å²) < 4.78 is 27.0. The van der Waals surface area contributed by atoms with Crippen molar-refractivity contribution < 1.29 is 8.94 Å². The number of hydrogen-bond donors (Lipinski definition) is 0. The molecule has 0 aliphatic carbocycles. The highest BCUT2D eigenvalue weighted by Crippen LogP contribution is 2.40. The van der Waals surface area contributed by atoms with Crippen LogP contribution in [-0.2, 0) is 11.2 Å². The molecule has 0 saturated heterocycles. The topological polar surface area (TPSA) is 77.6 Å². The number of benzene rings is 1. The summed E-state index contributed by atoms with van der Waals surface area (Å²) in [5.41, 5.74) is 0.936. The Labute approximate surface area is 131 Å². The number of nitrogens with zero attached hydrogens (tertiary/aromatic N) is 4. The van der Waals surface area contributed by atoms with Crippen LogP contribution in [0, 0.1) is 11.3 Å². The van der Waals surface area contributed by atoms with Crippen LogP contribution in [0.4, 0.5) is 4.39 Å². The number of alkyl halides is 1. The van der Waals surface area contributed by atoms with Crippen LogP contribution in [0.5, 0.6) is 0 Å². The Morgan fingerprint density at radius 1 is 1.41 bits per heavy atom. The second kappa shape index (κ2) is 5.38. The van der Waals surface area contributed by atoms with Crippen molar-refractivity contribution in [2.24, 2.45) is 0 Å². The molecule has 7 heteroatoms. The standard InChI is InChI=1S/C15H15FN4OS/c1-15(2,9-17)22(21)14-18-13-11(16)8-12(20(13)19-14)10-6-4-3-5-7-10/h3-7,11-12H,8H2,1-2H3/t11-,12-,22?/m0/s1. The van der Waals surface area contributed by atoms with Gasteiger partial charge in [-0.15, -0.1) is 5.10 Å². The van der Waals surface area contributed by atoms with Gasteiger partial charge in [-0.3, -0.25) is 0 Å². The van der Waals surface area contributed by atoms with E-state index in [9.17, 15) is 8.94 Å². The average molecular weight is 318 g/mol. The van der Waals surface area contributed by atoms with E-state index in [1.54, 1.807) is 13.8 Å². The van der Waals surface area contributed by atoms with Crippen LogP contribution in [-0.4, -0.2) is 24.1 Å². The first-order valence-electron chi connectivity index (χ1n) is 6.92. The number of nitriles is 1. The molecule has 1 aliphatic heterocycles. The molecule has 0 saturated carbocycles. The van der Waals surface area contributed by atoms with Crippen molar-refractivity contribution >= 4 is 11.2 Å². The fraction of sp³-hybridized carbons (Fsp3) is 0.400. The number of hydrogen-bond acceptors (Lipinski definition) is 4. The minimum atomic E-state index is -1.71. The van der Waals surface area contributed by atoms with Gasteiger partial charge in [0.25, 0.3) is 0 Å². The zero-order valence-corrected chi connectivity index (χ0v) is 13.0. The number of aromatic nitrogens is 3. The van der Waals surface area contributed by atoms with Gasteiger partial charge >= 0.3 is 5.16 Å². The first-order chi connectivity index (χ1) is 10.4. The first kappa shape index (κ1) is 15.0. The minimum absolute atomic E-state index is 0.0184. The van der Waals surface area contributed by atoms with E-state index in [0.717, 1.165) is 5.56 Å². The SMILES string of the molecule is CC(C)(C#N)[S+]([O-])c1nc2n(n1)[C@H](c1ccccc1)C[C@@H]2F. The molecule has 1 aromatic heterocycles. The van der Waals surface area contributed by atoms with Crippen LogP contribution < -0.4 is 0 Å². The summed E-state index contributed by atoms with van der Waals surface area (Å²) in [5, 5.41) is 13.3. The quantitative estimate of drug-likeness (QED) is 0.815. The Hall–Kier alpha value is -1.91. The fourth-order valence-corrected chi connectivity index (χ4v) is 3.34. The molecule has 0 spiro atoms. The molecule has 2 aromatic rings. The van der Waals surface area contributed by atoms with Crippen molar-refractivity contribution in [2.75, 3.05) is 0 Å². The van der Waals surface area contributed by atoms with E-state index >= 15 is 0 Å². The summed E-state index contributed by atoms with van der Waals surface area (Å²) in [5.74, 6) is 0.186. The monoisotopic (exact) mass is 318 g/mol. The molecule has 1 unspecified atom stereocenters. The molecular formula is C15H15FN4OS. The summed E-state index contributed by atoms with van der Waals surface area (Å²) in [6, 6.07) is 11.2. The van der Waals surface area contributed by atoms with E-state index < -0.39 is 22.1 Å². The van der Waals surface area contributed by atoms with Gasteiger partial charge in [0.05, 0.1) is 6.04 Å². The lowest BCUT2D eigenvalue weighted by Crippen LogP contribution is -2.31. The van der Waals surface area contributed by atoms with E-state index in [4.69, 9.17) is 5.26 Å². The van der Waals surface area contributed by atoms with Crippen LogP contribution in [0.1, 0.15) is 43.9 Å². The van der Waals surface area contributed by atoms with Crippen molar-refractivity contribution in [3.8, 4) is 6.07 Å². The molecule has 3 rings (SSSR count). The summed E-state index contributed by atoms with van der Waals surface area (Å²) in [4.78, 5) is 4.09. The first-order valence-corrected chi connectivity index (χ1v) is 8.07. The molecule has 2 heterocycles. The molecule has 0 bridgehead atoms. The van der Waals surface area contributed by atoms with Crippen LogP contribution in [0.25, 0.3) is 0 Å². The molecular weight excluding hydrogens is 303 g/mol. The smallest absolute Gasteiger partial charge is 0.363 e. The van der Waals surface area contributed by atoms with Gasteiger partial charge < -0.3 is 4.55 Å². The van der Waals surface area contributed by atoms with Crippen LogP contribution in [0.2, 0.25) is 0 Å². The average Bonchev–Trinajstić information content (AvgIpc) is 3.08. The minimum Gasteiger partial charge on any atom is -0.608 e. The zero-order chi connectivity index (χ0) is 15.9. The zero-order valence-electron chi connectivity index (χ0n) is 12.2. The number of rotatable bonds is 3. The van der Waals surface area contributed by atoms with E-state index in [1.807, 2.05) is 36.4 Å². The van der Waals surface area contributed by atoms with Gasteiger partial charge in [-0.1, -0.05) is 30.3 Å². The normalized spacial score (nSPS) is 22.1. The third-order valence-electron chi connectivity index (χ3n) is 3.73. The Morgan fingerprint density at radius 3 is 2.73 bits per heavy atom. The highest BCUT2D eigenvalue weighted by atomic mass is 32.2. The van der Waals surface area contributed by atoms with Gasteiger partial charge in [-0.2, -0.15) is 10.2 Å². The van der Waals surface area contributed by atoms with Crippen LogP contribution in [0.3, 0.4) is 0 Å². The van der Waals surface area contributed by atoms with E-state index in [0.29, 0.717) is 0 Å². The maximum absolute atomic E-state index is 14.2. The number of fused-ring (bicyclic) bond motifs is 1. The lowest BCUT2D eigenvalue weighted by atomic mass is 10.0. The highest BCUT2D eigenvalue weighted by molar-refractivity contribution is 7.92. The van der Waals surface area contributed by atoms with Gasteiger partial charge in [-0.25, -0.2) is 9.07 Å². The predicted octanol–water partition coefficient (Wildman–Crippen LogP) is 2.69. The van der Waals surface area contributed by atoms with Crippen molar-refractivity contribution in [3.63, 3.8) is 0 Å². The second-order valence-corrected chi connectivity index (χ2v) is 7.64. The summed E-state index contributed by atoms with van der Waals surface area (Å²) >= 11 is -1.71. The van der Waals surface area contributed by atoms with Gasteiger partial charge in [0.1, 0.15) is 6.07 Å². The maximum Gasteiger partial charge on any atom is 0.363 e. The Morgan fingerprint density at radius 2 is 2.09 bits per heavy atom. The Kier molecular flexibility index (Phi) is 3.67. The van der Waals surface area contributed by atoms with Gasteiger partial charge in [0, 0.05) is 31.4 Å². The van der Waals surface area contributed by atoms with Gasteiger partial charge in [0.2, 0.25) is 4.75 Å². The lowest BCUT2D eigenvalue weighted by Gasteiger charge is -2.18. The summed E-state index contributed by atoms with van der Waals surface area (Å²) in [6.07, 6.45) is -0.970.